The summed E-state index contributed by atoms with van der Waals surface area (Å²) in [5.41, 5.74) is 5.56. The summed E-state index contributed by atoms with van der Waals surface area (Å²) >= 11 is 4.97. The van der Waals surface area contributed by atoms with Crippen molar-refractivity contribution < 1.29 is 9.59 Å². The number of nitrogens with one attached hydrogen (secondary N) is 1. The van der Waals surface area contributed by atoms with Crippen LogP contribution in [0.15, 0.2) is 24.5 Å². The molecular weight excluding hydrogens is 226 g/mol. The molecule has 0 aliphatic rings. The molecule has 3 N–H and O–H groups in total. The zero-order valence-electron chi connectivity index (χ0n) is 8.56. The maximum absolute atomic E-state index is 11.4. The third-order valence-corrected chi connectivity index (χ3v) is 2.20. The van der Waals surface area contributed by atoms with Crippen molar-refractivity contribution >= 4 is 29.0 Å². The molecule has 2 amide bonds. The molecule has 1 rings (SSSR count). The summed E-state index contributed by atoms with van der Waals surface area (Å²) in [4.78, 5) is 26.2. The van der Waals surface area contributed by atoms with Gasteiger partial charge in [0.25, 0.3) is 0 Å². The van der Waals surface area contributed by atoms with E-state index in [9.17, 15) is 9.59 Å². The molecule has 0 aliphatic heterocycles. The fourth-order valence-corrected chi connectivity index (χ4v) is 1.09. The lowest BCUT2D eigenvalue weighted by molar-refractivity contribution is -0.124. The molecule has 0 unspecified atom stereocenters. The summed E-state index contributed by atoms with van der Waals surface area (Å²) in [7, 11) is 0. The molecule has 16 heavy (non-hydrogen) atoms. The fraction of sp³-hybridized carbons (Fsp3) is 0.100. The molecule has 0 saturated heterocycles. The van der Waals surface area contributed by atoms with Crippen LogP contribution in [0.2, 0.25) is 0 Å². The van der Waals surface area contributed by atoms with Crippen LogP contribution in [0, 0.1) is 5.92 Å². The highest BCUT2D eigenvalue weighted by atomic mass is 32.1. The first kappa shape index (κ1) is 12.3. The second-order valence-electron chi connectivity index (χ2n) is 3.01. The molecule has 0 atom stereocenters. The lowest BCUT2D eigenvalue weighted by Crippen LogP contribution is -2.38. The number of pyridine rings is 1. The number of primary amides is 1. The Morgan fingerprint density at radius 1 is 1.50 bits per heavy atom. The molecule has 0 fully saturated rings. The molecule has 1 aromatic heterocycles. The topological polar surface area (TPSA) is 85.1 Å². The first-order valence-corrected chi connectivity index (χ1v) is 4.82. The van der Waals surface area contributed by atoms with Crippen molar-refractivity contribution in [1.82, 2.24) is 10.3 Å². The van der Waals surface area contributed by atoms with Crippen molar-refractivity contribution in [2.45, 2.75) is 6.92 Å². The number of carbonyl (C=O) groups is 2. The van der Waals surface area contributed by atoms with Crippen LogP contribution in [0.5, 0.6) is 0 Å². The van der Waals surface area contributed by atoms with Gasteiger partial charge in [0.05, 0.1) is 0 Å². The zero-order valence-corrected chi connectivity index (χ0v) is 9.38. The lowest BCUT2D eigenvalue weighted by Gasteiger charge is -2.08. The molecule has 1 heterocycles. The summed E-state index contributed by atoms with van der Waals surface area (Å²) < 4.78 is 0. The van der Waals surface area contributed by atoms with Crippen LogP contribution >= 0.6 is 12.2 Å². The molecule has 0 bridgehead atoms. The van der Waals surface area contributed by atoms with Crippen LogP contribution in [0.4, 0.5) is 0 Å². The standard InChI is InChI=1S/C10H10N3O2S/c1-6(8(11)14)9(15)13-10(16)7-3-2-4-12-5-7/h2-5H,1H3,(H2,11,14)(H,13,15,16). The smallest absolute Gasteiger partial charge is 0.242 e. The van der Waals surface area contributed by atoms with E-state index >= 15 is 0 Å². The summed E-state index contributed by atoms with van der Waals surface area (Å²) in [6.45, 7) is 1.34. The van der Waals surface area contributed by atoms with Gasteiger partial charge in [-0.05, 0) is 19.1 Å². The molecule has 1 radical (unpaired) electrons. The monoisotopic (exact) mass is 236 g/mol. The van der Waals surface area contributed by atoms with Gasteiger partial charge in [-0.2, -0.15) is 0 Å². The molecule has 1 aromatic rings. The van der Waals surface area contributed by atoms with E-state index in [2.05, 4.69) is 10.3 Å². The molecule has 0 aliphatic carbocycles. The number of aromatic nitrogens is 1. The molecule has 0 saturated carbocycles. The highest BCUT2D eigenvalue weighted by Crippen LogP contribution is 2.00. The second kappa shape index (κ2) is 5.32. The predicted octanol–water partition coefficient (Wildman–Crippen LogP) is -0.0470. The Hall–Kier alpha value is -1.82. The third kappa shape index (κ3) is 3.09. The van der Waals surface area contributed by atoms with E-state index in [1.807, 2.05) is 0 Å². The van der Waals surface area contributed by atoms with Gasteiger partial charge < -0.3 is 11.1 Å². The number of hydrogen-bond acceptors (Lipinski definition) is 4. The Kier molecular flexibility index (Phi) is 4.07. The van der Waals surface area contributed by atoms with Crippen LogP contribution in [0.25, 0.3) is 0 Å². The minimum absolute atomic E-state index is 0.0914. The fourth-order valence-electron chi connectivity index (χ4n) is 0.878. The highest BCUT2D eigenvalue weighted by Gasteiger charge is 2.20. The Morgan fingerprint density at radius 2 is 2.19 bits per heavy atom. The summed E-state index contributed by atoms with van der Waals surface area (Å²) in [5, 5.41) is 2.39. The number of nitrogens with zero attached hydrogens (tertiary/aromatic N) is 1. The predicted molar refractivity (Wildman–Crippen MR) is 62.2 cm³/mol. The number of hydrogen-bond donors (Lipinski definition) is 2. The van der Waals surface area contributed by atoms with Gasteiger partial charge >= 0.3 is 0 Å². The van der Waals surface area contributed by atoms with E-state index in [1.54, 1.807) is 18.3 Å². The van der Waals surface area contributed by atoms with Crippen molar-refractivity contribution in [1.29, 1.82) is 0 Å². The van der Waals surface area contributed by atoms with Gasteiger partial charge in [0.2, 0.25) is 11.8 Å². The maximum Gasteiger partial charge on any atom is 0.242 e. The number of amides is 2. The molecule has 6 heteroatoms. The Labute approximate surface area is 98.0 Å². The summed E-state index contributed by atoms with van der Waals surface area (Å²) in [6, 6.07) is 3.40. The second-order valence-corrected chi connectivity index (χ2v) is 3.42. The average Bonchev–Trinajstić information content (AvgIpc) is 2.28. The Bertz CT molecular complexity index is 419. The Balaban J connectivity index is 2.66. The van der Waals surface area contributed by atoms with Crippen LogP contribution in [0.1, 0.15) is 12.5 Å². The first-order chi connectivity index (χ1) is 7.52. The van der Waals surface area contributed by atoms with Crippen LogP contribution in [0.3, 0.4) is 0 Å². The summed E-state index contributed by atoms with van der Waals surface area (Å²) in [5.74, 6) is -1.46. The normalized spacial score (nSPS) is 9.88. The van der Waals surface area contributed by atoms with Gasteiger partial charge in [0, 0.05) is 18.0 Å². The van der Waals surface area contributed by atoms with Crippen LogP contribution in [-0.4, -0.2) is 21.8 Å². The molecular formula is C10H10N3O2S. The minimum atomic E-state index is -0.772. The molecule has 83 valence electrons. The van der Waals surface area contributed by atoms with Crippen LogP contribution < -0.4 is 11.1 Å². The lowest BCUT2D eigenvalue weighted by atomic mass is 10.1. The number of thiocarbonyl (C=S) groups is 1. The van der Waals surface area contributed by atoms with E-state index in [0.29, 0.717) is 5.56 Å². The minimum Gasteiger partial charge on any atom is -0.369 e. The Morgan fingerprint density at radius 3 is 2.69 bits per heavy atom. The van der Waals surface area contributed by atoms with Crippen molar-refractivity contribution in [3.05, 3.63) is 36.0 Å². The van der Waals surface area contributed by atoms with Crippen molar-refractivity contribution in [2.75, 3.05) is 0 Å². The molecule has 0 spiro atoms. The van der Waals surface area contributed by atoms with Crippen molar-refractivity contribution in [3.8, 4) is 0 Å². The zero-order chi connectivity index (χ0) is 12.1. The quantitative estimate of drug-likeness (QED) is 0.569. The van der Waals surface area contributed by atoms with Gasteiger partial charge in [-0.3, -0.25) is 14.6 Å². The van der Waals surface area contributed by atoms with Crippen molar-refractivity contribution in [3.63, 3.8) is 0 Å². The van der Waals surface area contributed by atoms with Gasteiger partial charge in [-0.25, -0.2) is 0 Å². The van der Waals surface area contributed by atoms with Gasteiger partial charge in [0.15, 0.2) is 0 Å². The average molecular weight is 236 g/mol. The summed E-state index contributed by atoms with van der Waals surface area (Å²) in [6.07, 6.45) is 3.11. The van der Waals surface area contributed by atoms with E-state index in [-0.39, 0.29) is 10.9 Å². The van der Waals surface area contributed by atoms with E-state index in [0.717, 1.165) is 0 Å². The number of nitrogens with two attached hydrogens (primary N) is 1. The van der Waals surface area contributed by atoms with E-state index < -0.39 is 11.8 Å². The van der Waals surface area contributed by atoms with Gasteiger partial charge in [-0.15, -0.1) is 0 Å². The molecule has 5 nitrogen and oxygen atoms in total. The van der Waals surface area contributed by atoms with E-state index in [1.165, 1.54) is 13.1 Å². The largest absolute Gasteiger partial charge is 0.369 e. The SMILES string of the molecule is C[C](C(N)=O)C(=O)NC(=S)c1cccnc1. The van der Waals surface area contributed by atoms with Crippen molar-refractivity contribution in [2.24, 2.45) is 5.73 Å². The van der Waals surface area contributed by atoms with Gasteiger partial charge in [0.1, 0.15) is 10.9 Å². The first-order valence-electron chi connectivity index (χ1n) is 4.41. The third-order valence-electron chi connectivity index (χ3n) is 1.86. The van der Waals surface area contributed by atoms with E-state index in [4.69, 9.17) is 18.0 Å². The molecule has 0 aromatic carbocycles. The maximum atomic E-state index is 11.4. The van der Waals surface area contributed by atoms with Crippen LogP contribution in [-0.2, 0) is 9.59 Å². The number of rotatable bonds is 3. The van der Waals surface area contributed by atoms with Gasteiger partial charge in [-0.1, -0.05) is 12.2 Å². The highest BCUT2D eigenvalue weighted by molar-refractivity contribution is 7.80. The number of carbonyl (C=O) groups excluding carboxylic acids is 2.